The highest BCUT2D eigenvalue weighted by molar-refractivity contribution is 5.94. The smallest absolute Gasteiger partial charge is 0.271 e. The van der Waals surface area contributed by atoms with Crippen LogP contribution in [0.5, 0.6) is 0 Å². The summed E-state index contributed by atoms with van der Waals surface area (Å²) in [6.07, 6.45) is 2.29. The van der Waals surface area contributed by atoms with Crippen LogP contribution < -0.4 is 10.5 Å². The summed E-state index contributed by atoms with van der Waals surface area (Å²) in [5.41, 5.74) is 2.12. The number of carbonyl (C=O) groups is 1. The van der Waals surface area contributed by atoms with E-state index in [0.717, 1.165) is 37.3 Å². The lowest BCUT2D eigenvalue weighted by molar-refractivity contribution is 0.0785. The van der Waals surface area contributed by atoms with E-state index in [-0.39, 0.29) is 11.5 Å². The minimum Gasteiger partial charge on any atom is -0.355 e. The molecule has 2 heterocycles. The van der Waals surface area contributed by atoms with Gasteiger partial charge in [0.2, 0.25) is 0 Å². The van der Waals surface area contributed by atoms with Gasteiger partial charge in [-0.15, -0.1) is 5.10 Å². The first-order chi connectivity index (χ1) is 14.1. The van der Waals surface area contributed by atoms with Gasteiger partial charge in [-0.05, 0) is 48.7 Å². The number of hydrogen-bond donors (Lipinski definition) is 0. The zero-order valence-corrected chi connectivity index (χ0v) is 16.5. The summed E-state index contributed by atoms with van der Waals surface area (Å²) in [5.74, 6) is 0.747. The molecule has 1 fully saturated rings. The van der Waals surface area contributed by atoms with Crippen LogP contribution in [0.2, 0.25) is 0 Å². The van der Waals surface area contributed by atoms with Gasteiger partial charge in [0.1, 0.15) is 5.82 Å². The minimum atomic E-state index is -0.187. The van der Waals surface area contributed by atoms with Crippen molar-refractivity contribution in [2.75, 3.05) is 25.0 Å². The fourth-order valence-corrected chi connectivity index (χ4v) is 3.60. The highest BCUT2D eigenvalue weighted by Crippen LogP contribution is 2.17. The zero-order valence-electron chi connectivity index (χ0n) is 16.5. The van der Waals surface area contributed by atoms with Crippen molar-refractivity contribution < 1.29 is 4.79 Å². The molecule has 1 saturated heterocycles. The molecule has 29 heavy (non-hydrogen) atoms. The predicted molar refractivity (Wildman–Crippen MR) is 114 cm³/mol. The SMILES string of the molecule is CN(Cc1ccccc1)C(=O)c1ccc(-n2nc(N3CCCC3)ccc2=O)cc1. The average Bonchev–Trinajstić information content (AvgIpc) is 3.29. The topological polar surface area (TPSA) is 58.4 Å². The molecule has 1 aliphatic rings. The van der Waals surface area contributed by atoms with Crippen LogP contribution in [0.3, 0.4) is 0 Å². The second-order valence-electron chi connectivity index (χ2n) is 7.33. The van der Waals surface area contributed by atoms with Crippen molar-refractivity contribution in [1.29, 1.82) is 0 Å². The van der Waals surface area contributed by atoms with E-state index in [1.165, 1.54) is 4.68 Å². The van der Waals surface area contributed by atoms with Crippen molar-refractivity contribution in [3.8, 4) is 5.69 Å². The maximum Gasteiger partial charge on any atom is 0.271 e. The van der Waals surface area contributed by atoms with Gasteiger partial charge in [0.15, 0.2) is 0 Å². The lowest BCUT2D eigenvalue weighted by Crippen LogP contribution is -2.27. The summed E-state index contributed by atoms with van der Waals surface area (Å²) in [5, 5.41) is 4.52. The van der Waals surface area contributed by atoms with Gasteiger partial charge < -0.3 is 9.80 Å². The number of rotatable bonds is 5. The third-order valence-electron chi connectivity index (χ3n) is 5.18. The van der Waals surface area contributed by atoms with E-state index in [2.05, 4.69) is 10.00 Å². The number of amides is 1. The fourth-order valence-electron chi connectivity index (χ4n) is 3.60. The molecule has 6 nitrogen and oxygen atoms in total. The predicted octanol–water partition coefficient (Wildman–Crippen LogP) is 3.10. The van der Waals surface area contributed by atoms with Crippen LogP contribution in [0, 0.1) is 0 Å². The Kier molecular flexibility index (Phi) is 5.42. The first-order valence-corrected chi connectivity index (χ1v) is 9.87. The van der Waals surface area contributed by atoms with Crippen LogP contribution in [0.4, 0.5) is 5.82 Å². The summed E-state index contributed by atoms with van der Waals surface area (Å²) in [6, 6.07) is 20.2. The Morgan fingerprint density at radius 3 is 2.34 bits per heavy atom. The second-order valence-corrected chi connectivity index (χ2v) is 7.33. The molecule has 0 aliphatic carbocycles. The molecule has 2 aromatic carbocycles. The molecule has 0 atom stereocenters. The molecule has 0 radical (unpaired) electrons. The van der Waals surface area contributed by atoms with Crippen molar-refractivity contribution >= 4 is 11.7 Å². The molecule has 1 aliphatic heterocycles. The van der Waals surface area contributed by atoms with Gasteiger partial charge >= 0.3 is 0 Å². The Hall–Kier alpha value is -3.41. The third-order valence-corrected chi connectivity index (χ3v) is 5.18. The maximum atomic E-state index is 12.7. The molecule has 6 heteroatoms. The molecule has 0 spiro atoms. The Bertz CT molecular complexity index is 1040. The normalized spacial score (nSPS) is 13.5. The standard InChI is InChI=1S/C23H24N4O2/c1-25(17-18-7-3-2-4-8-18)23(29)19-9-11-20(12-10-19)27-22(28)14-13-21(24-27)26-15-5-6-16-26/h2-4,7-14H,5-6,15-17H2,1H3. The van der Waals surface area contributed by atoms with E-state index in [1.54, 1.807) is 48.3 Å². The Balaban J connectivity index is 1.52. The molecule has 0 saturated carbocycles. The number of anilines is 1. The first kappa shape index (κ1) is 18.9. The molecule has 0 bridgehead atoms. The average molecular weight is 388 g/mol. The summed E-state index contributed by atoms with van der Waals surface area (Å²) >= 11 is 0. The van der Waals surface area contributed by atoms with Gasteiger partial charge in [-0.1, -0.05) is 30.3 Å². The Morgan fingerprint density at radius 1 is 0.966 bits per heavy atom. The summed E-state index contributed by atoms with van der Waals surface area (Å²) < 4.78 is 1.40. The molecule has 0 N–H and O–H groups in total. The molecule has 1 amide bonds. The molecule has 1 aromatic heterocycles. The largest absolute Gasteiger partial charge is 0.355 e. The molecule has 0 unspecified atom stereocenters. The van der Waals surface area contributed by atoms with Gasteiger partial charge in [-0.3, -0.25) is 9.59 Å². The van der Waals surface area contributed by atoms with Crippen molar-refractivity contribution in [3.63, 3.8) is 0 Å². The van der Waals surface area contributed by atoms with E-state index >= 15 is 0 Å². The molecule has 148 valence electrons. The Morgan fingerprint density at radius 2 is 1.66 bits per heavy atom. The summed E-state index contributed by atoms with van der Waals surface area (Å²) in [7, 11) is 1.79. The van der Waals surface area contributed by atoms with Gasteiger partial charge in [-0.25, -0.2) is 0 Å². The minimum absolute atomic E-state index is 0.0634. The zero-order chi connectivity index (χ0) is 20.2. The van der Waals surface area contributed by atoms with Gasteiger partial charge in [0.25, 0.3) is 11.5 Å². The fraction of sp³-hybridized carbons (Fsp3) is 0.261. The van der Waals surface area contributed by atoms with Gasteiger partial charge in [0.05, 0.1) is 5.69 Å². The van der Waals surface area contributed by atoms with Crippen LogP contribution in [-0.2, 0) is 6.54 Å². The lowest BCUT2D eigenvalue weighted by Gasteiger charge is -2.18. The molecule has 4 rings (SSSR count). The summed E-state index contributed by atoms with van der Waals surface area (Å²) in [6.45, 7) is 2.47. The number of benzene rings is 2. The van der Waals surface area contributed by atoms with Crippen molar-refractivity contribution in [2.24, 2.45) is 0 Å². The number of nitrogens with zero attached hydrogens (tertiary/aromatic N) is 4. The van der Waals surface area contributed by atoms with E-state index in [1.807, 2.05) is 30.3 Å². The number of hydrogen-bond acceptors (Lipinski definition) is 4. The summed E-state index contributed by atoms with van der Waals surface area (Å²) in [4.78, 5) is 28.9. The van der Waals surface area contributed by atoms with Crippen LogP contribution in [0.1, 0.15) is 28.8 Å². The van der Waals surface area contributed by atoms with Gasteiger partial charge in [0, 0.05) is 38.3 Å². The van der Waals surface area contributed by atoms with Crippen molar-refractivity contribution in [1.82, 2.24) is 14.7 Å². The lowest BCUT2D eigenvalue weighted by atomic mass is 10.1. The highest BCUT2D eigenvalue weighted by atomic mass is 16.2. The molecular weight excluding hydrogens is 364 g/mol. The molecule has 3 aromatic rings. The number of aromatic nitrogens is 2. The van der Waals surface area contributed by atoms with E-state index in [4.69, 9.17) is 0 Å². The first-order valence-electron chi connectivity index (χ1n) is 9.87. The van der Waals surface area contributed by atoms with Crippen LogP contribution in [-0.4, -0.2) is 40.7 Å². The van der Waals surface area contributed by atoms with Crippen molar-refractivity contribution in [3.05, 3.63) is 88.2 Å². The maximum absolute atomic E-state index is 12.7. The van der Waals surface area contributed by atoms with E-state index < -0.39 is 0 Å². The highest BCUT2D eigenvalue weighted by Gasteiger charge is 2.16. The molecular formula is C23H24N4O2. The monoisotopic (exact) mass is 388 g/mol. The van der Waals surface area contributed by atoms with Crippen LogP contribution in [0.15, 0.2) is 71.5 Å². The Labute approximate surface area is 170 Å². The van der Waals surface area contributed by atoms with E-state index in [9.17, 15) is 9.59 Å². The van der Waals surface area contributed by atoms with Crippen molar-refractivity contribution in [2.45, 2.75) is 19.4 Å². The van der Waals surface area contributed by atoms with Crippen LogP contribution in [0.25, 0.3) is 5.69 Å². The number of carbonyl (C=O) groups excluding carboxylic acids is 1. The quantitative estimate of drug-likeness (QED) is 0.674. The van der Waals surface area contributed by atoms with Gasteiger partial charge in [-0.2, -0.15) is 4.68 Å². The second kappa shape index (κ2) is 8.31. The van der Waals surface area contributed by atoms with Crippen LogP contribution >= 0.6 is 0 Å². The third kappa shape index (κ3) is 4.21. The van der Waals surface area contributed by atoms with E-state index in [0.29, 0.717) is 17.8 Å².